The average molecular weight is 298 g/mol. The highest BCUT2D eigenvalue weighted by Crippen LogP contribution is 2.15. The average Bonchev–Trinajstić information content (AvgIpc) is 2.51. The molecule has 2 aromatic carbocycles. The van der Waals surface area contributed by atoms with Gasteiger partial charge in [-0.3, -0.25) is 4.79 Å². The summed E-state index contributed by atoms with van der Waals surface area (Å²) in [5.74, 6) is 0.511. The number of hydrogen-bond donors (Lipinski definition) is 0. The van der Waals surface area contributed by atoms with Crippen LogP contribution in [-0.4, -0.2) is 12.4 Å². The summed E-state index contributed by atoms with van der Waals surface area (Å²) in [6.07, 6.45) is 3.22. The van der Waals surface area contributed by atoms with Crippen molar-refractivity contribution in [3.63, 3.8) is 0 Å². The van der Waals surface area contributed by atoms with Gasteiger partial charge >= 0.3 is 0 Å². The lowest BCUT2D eigenvalue weighted by molar-refractivity contribution is 0.104. The summed E-state index contributed by atoms with van der Waals surface area (Å²) >= 11 is 5.85. The Morgan fingerprint density at radius 1 is 1.24 bits per heavy atom. The van der Waals surface area contributed by atoms with Gasteiger partial charge in [-0.15, -0.1) is 0 Å². The van der Waals surface area contributed by atoms with E-state index in [-0.39, 0.29) is 12.4 Å². The van der Waals surface area contributed by atoms with Crippen molar-refractivity contribution >= 4 is 23.5 Å². The van der Waals surface area contributed by atoms with E-state index in [1.165, 1.54) is 6.08 Å². The fourth-order valence-electron chi connectivity index (χ4n) is 1.70. The zero-order valence-corrected chi connectivity index (χ0v) is 11.9. The van der Waals surface area contributed by atoms with Crippen molar-refractivity contribution in [2.24, 2.45) is 0 Å². The molecule has 2 rings (SSSR count). The molecule has 21 heavy (non-hydrogen) atoms. The second kappa shape index (κ2) is 7.28. The van der Waals surface area contributed by atoms with Crippen molar-refractivity contribution in [1.82, 2.24) is 0 Å². The van der Waals surface area contributed by atoms with Gasteiger partial charge in [0.25, 0.3) is 0 Å². The van der Waals surface area contributed by atoms with E-state index in [9.17, 15) is 4.79 Å². The molecule has 0 aromatic heterocycles. The summed E-state index contributed by atoms with van der Waals surface area (Å²) in [5, 5.41) is 8.96. The van der Waals surface area contributed by atoms with Crippen LogP contribution < -0.4 is 4.74 Å². The highest BCUT2D eigenvalue weighted by atomic mass is 35.5. The molecule has 0 bridgehead atoms. The van der Waals surface area contributed by atoms with Gasteiger partial charge in [0.05, 0.1) is 0 Å². The topological polar surface area (TPSA) is 50.1 Å². The predicted octanol–water partition coefficient (Wildman–Crippen LogP) is 4.14. The van der Waals surface area contributed by atoms with E-state index in [2.05, 4.69) is 0 Å². The Hall–Kier alpha value is -2.57. The minimum Gasteiger partial charge on any atom is -0.479 e. The van der Waals surface area contributed by atoms with E-state index in [1.807, 2.05) is 18.2 Å². The van der Waals surface area contributed by atoms with Crippen molar-refractivity contribution in [2.45, 2.75) is 0 Å². The third-order valence-corrected chi connectivity index (χ3v) is 2.95. The maximum atomic E-state index is 12.0. The molecule has 104 valence electrons. The van der Waals surface area contributed by atoms with E-state index in [4.69, 9.17) is 21.6 Å². The molecule has 0 amide bonds. The van der Waals surface area contributed by atoms with Crippen molar-refractivity contribution in [3.8, 4) is 11.8 Å². The van der Waals surface area contributed by atoms with E-state index in [0.29, 0.717) is 16.3 Å². The number of ketones is 1. The van der Waals surface area contributed by atoms with Crippen molar-refractivity contribution < 1.29 is 9.53 Å². The second-order valence-electron chi connectivity index (χ2n) is 4.22. The van der Waals surface area contributed by atoms with Crippen LogP contribution in [0.3, 0.4) is 0 Å². The van der Waals surface area contributed by atoms with E-state index in [1.54, 1.807) is 42.5 Å². The Balaban J connectivity index is 2.04. The minimum absolute atomic E-state index is 0.0163. The smallest absolute Gasteiger partial charge is 0.185 e. The van der Waals surface area contributed by atoms with Gasteiger partial charge in [0.2, 0.25) is 0 Å². The number of halogens is 1. The summed E-state index contributed by atoms with van der Waals surface area (Å²) in [6, 6.07) is 15.8. The Bertz CT molecular complexity index is 699. The normalized spacial score (nSPS) is 10.3. The van der Waals surface area contributed by atoms with Crippen LogP contribution in [-0.2, 0) is 0 Å². The van der Waals surface area contributed by atoms with Gasteiger partial charge in [-0.05, 0) is 35.9 Å². The predicted molar refractivity (Wildman–Crippen MR) is 82.4 cm³/mol. The van der Waals surface area contributed by atoms with E-state index >= 15 is 0 Å². The first kappa shape index (κ1) is 14.8. The van der Waals surface area contributed by atoms with Crippen LogP contribution in [0, 0.1) is 11.3 Å². The maximum Gasteiger partial charge on any atom is 0.185 e. The van der Waals surface area contributed by atoms with E-state index < -0.39 is 0 Å². The molecule has 2 aromatic rings. The molecule has 4 heteroatoms. The van der Waals surface area contributed by atoms with Crippen LogP contribution in [0.15, 0.2) is 54.6 Å². The number of ether oxygens (including phenoxy) is 1. The molecule has 0 saturated carbocycles. The molecule has 0 unspecified atom stereocenters. The van der Waals surface area contributed by atoms with Gasteiger partial charge in [-0.1, -0.05) is 41.9 Å². The highest BCUT2D eigenvalue weighted by molar-refractivity contribution is 6.31. The van der Waals surface area contributed by atoms with Gasteiger partial charge in [-0.25, -0.2) is 0 Å². The number of carbonyl (C=O) groups excluding carboxylic acids is 1. The Labute approximate surface area is 128 Å². The molecule has 0 aliphatic carbocycles. The zero-order chi connectivity index (χ0) is 15.1. The summed E-state index contributed by atoms with van der Waals surface area (Å²) in [4.78, 5) is 12.0. The van der Waals surface area contributed by atoms with E-state index in [0.717, 1.165) is 5.56 Å². The Morgan fingerprint density at radius 2 is 2.00 bits per heavy atom. The van der Waals surface area contributed by atoms with Gasteiger partial charge in [0.1, 0.15) is 11.8 Å². The molecule has 0 spiro atoms. The fraction of sp³-hybridized carbons (Fsp3) is 0.0588. The molecule has 0 aliphatic rings. The van der Waals surface area contributed by atoms with Crippen molar-refractivity contribution in [3.05, 3.63) is 70.8 Å². The number of benzene rings is 2. The first-order valence-electron chi connectivity index (χ1n) is 6.27. The summed E-state index contributed by atoms with van der Waals surface area (Å²) in [7, 11) is 0. The number of hydrogen-bond acceptors (Lipinski definition) is 3. The molecular weight excluding hydrogens is 286 g/mol. The van der Waals surface area contributed by atoms with Crippen molar-refractivity contribution in [1.29, 1.82) is 5.26 Å². The molecule has 0 saturated heterocycles. The highest BCUT2D eigenvalue weighted by Gasteiger charge is 2.01. The molecule has 0 heterocycles. The summed E-state index contributed by atoms with van der Waals surface area (Å²) in [6.45, 7) is 0.0163. The number of nitrogens with zero attached hydrogens (tertiary/aromatic N) is 1. The number of allylic oxidation sites excluding steroid dienone is 1. The van der Waals surface area contributed by atoms with Crippen LogP contribution in [0.5, 0.6) is 5.75 Å². The van der Waals surface area contributed by atoms with Crippen LogP contribution in [0.2, 0.25) is 5.02 Å². The van der Waals surface area contributed by atoms with Crippen LogP contribution in [0.4, 0.5) is 0 Å². The third-order valence-electron chi connectivity index (χ3n) is 2.72. The summed E-state index contributed by atoms with van der Waals surface area (Å²) in [5.41, 5.74) is 1.42. The minimum atomic E-state index is -0.109. The first-order chi connectivity index (χ1) is 10.2. The maximum absolute atomic E-state index is 12.0. The molecule has 0 aliphatic heterocycles. The fourth-order valence-corrected chi connectivity index (χ4v) is 1.89. The third kappa shape index (κ3) is 4.48. The van der Waals surface area contributed by atoms with Crippen LogP contribution in [0.1, 0.15) is 15.9 Å². The number of nitriles is 1. The number of rotatable bonds is 5. The van der Waals surface area contributed by atoms with Crippen LogP contribution in [0.25, 0.3) is 6.08 Å². The van der Waals surface area contributed by atoms with Crippen LogP contribution >= 0.6 is 11.6 Å². The lowest BCUT2D eigenvalue weighted by atomic mass is 10.1. The molecular formula is C17H12ClNO2. The monoisotopic (exact) mass is 297 g/mol. The lowest BCUT2D eigenvalue weighted by Gasteiger charge is -2.01. The second-order valence-corrected chi connectivity index (χ2v) is 4.66. The standard InChI is InChI=1S/C17H12ClNO2/c18-15-3-1-2-14(12-15)17(20)9-6-13-4-7-16(8-5-13)21-11-10-19/h1-9,12H,11H2/b9-6+. The molecule has 0 atom stereocenters. The van der Waals surface area contributed by atoms with Gasteiger partial charge < -0.3 is 4.74 Å². The SMILES string of the molecule is N#CCOc1ccc(/C=C/C(=O)c2cccc(Cl)c2)cc1. The number of carbonyl (C=O) groups is 1. The first-order valence-corrected chi connectivity index (χ1v) is 6.64. The molecule has 3 nitrogen and oxygen atoms in total. The molecule has 0 fully saturated rings. The van der Waals surface area contributed by atoms with Gasteiger partial charge in [0, 0.05) is 10.6 Å². The van der Waals surface area contributed by atoms with Gasteiger partial charge in [-0.2, -0.15) is 5.26 Å². The Morgan fingerprint density at radius 3 is 2.67 bits per heavy atom. The quantitative estimate of drug-likeness (QED) is 0.615. The zero-order valence-electron chi connectivity index (χ0n) is 11.1. The summed E-state index contributed by atoms with van der Waals surface area (Å²) < 4.78 is 5.15. The molecule has 0 radical (unpaired) electrons. The Kier molecular flexibility index (Phi) is 5.14. The molecule has 0 N–H and O–H groups in total. The lowest BCUT2D eigenvalue weighted by Crippen LogP contribution is -1.94. The van der Waals surface area contributed by atoms with Crippen molar-refractivity contribution in [2.75, 3.05) is 6.61 Å². The van der Waals surface area contributed by atoms with Gasteiger partial charge in [0.15, 0.2) is 12.4 Å². The largest absolute Gasteiger partial charge is 0.479 e.